The zero-order valence-electron chi connectivity index (χ0n) is 11.7. The highest BCUT2D eigenvalue weighted by atomic mass is 16.4. The summed E-state index contributed by atoms with van der Waals surface area (Å²) >= 11 is 0. The number of aromatic nitrogens is 1. The number of carboxylic acid groups (broad SMARTS) is 1. The fourth-order valence-corrected chi connectivity index (χ4v) is 2.56. The van der Waals surface area contributed by atoms with Crippen LogP contribution in [0.25, 0.3) is 0 Å². The molecule has 0 bridgehead atoms. The Balaban J connectivity index is 2.20. The molecular formula is C15H22N2O2. The summed E-state index contributed by atoms with van der Waals surface area (Å²) in [6, 6.07) is 2.05. The highest BCUT2D eigenvalue weighted by Crippen LogP contribution is 2.26. The molecule has 1 aliphatic rings. The maximum atomic E-state index is 11.3. The van der Waals surface area contributed by atoms with E-state index in [0.717, 1.165) is 49.8 Å². The van der Waals surface area contributed by atoms with Gasteiger partial charge < -0.3 is 10.4 Å². The first-order valence-corrected chi connectivity index (χ1v) is 7.14. The van der Waals surface area contributed by atoms with Crippen LogP contribution in [-0.4, -0.2) is 22.1 Å². The minimum atomic E-state index is -0.896. The van der Waals surface area contributed by atoms with Gasteiger partial charge in [0.2, 0.25) is 0 Å². The molecule has 0 amide bonds. The van der Waals surface area contributed by atoms with Gasteiger partial charge in [-0.3, -0.25) is 0 Å². The van der Waals surface area contributed by atoms with Gasteiger partial charge in [-0.05, 0) is 44.2 Å². The summed E-state index contributed by atoms with van der Waals surface area (Å²) in [4.78, 5) is 15.9. The van der Waals surface area contributed by atoms with Crippen molar-refractivity contribution in [3.63, 3.8) is 0 Å². The van der Waals surface area contributed by atoms with Gasteiger partial charge in [-0.2, -0.15) is 0 Å². The van der Waals surface area contributed by atoms with Crippen LogP contribution in [-0.2, 0) is 12.8 Å². The van der Waals surface area contributed by atoms with E-state index in [1.807, 2.05) is 0 Å². The van der Waals surface area contributed by atoms with Gasteiger partial charge in [0.1, 0.15) is 11.4 Å². The van der Waals surface area contributed by atoms with Crippen molar-refractivity contribution in [2.45, 2.75) is 58.4 Å². The Hall–Kier alpha value is -1.58. The van der Waals surface area contributed by atoms with Crippen LogP contribution < -0.4 is 5.32 Å². The van der Waals surface area contributed by atoms with Gasteiger partial charge in [-0.25, -0.2) is 9.78 Å². The summed E-state index contributed by atoms with van der Waals surface area (Å²) in [6.45, 7) is 4.24. The van der Waals surface area contributed by atoms with Gasteiger partial charge in [0.15, 0.2) is 0 Å². The Morgan fingerprint density at radius 1 is 1.53 bits per heavy atom. The van der Waals surface area contributed by atoms with E-state index in [2.05, 4.69) is 24.1 Å². The van der Waals surface area contributed by atoms with Crippen LogP contribution in [0.15, 0.2) is 6.07 Å². The summed E-state index contributed by atoms with van der Waals surface area (Å²) in [5.74, 6) is -0.357. The van der Waals surface area contributed by atoms with Gasteiger partial charge >= 0.3 is 5.97 Å². The number of rotatable bonds is 6. The first kappa shape index (κ1) is 13.8. The lowest BCUT2D eigenvalue weighted by atomic mass is 10.1. The molecular weight excluding hydrogens is 240 g/mol. The molecule has 2 rings (SSSR count). The van der Waals surface area contributed by atoms with Crippen molar-refractivity contribution in [2.24, 2.45) is 0 Å². The number of nitrogens with one attached hydrogen (secondary N) is 1. The molecule has 0 radical (unpaired) electrons. The van der Waals surface area contributed by atoms with Crippen LogP contribution in [0.2, 0.25) is 0 Å². The van der Waals surface area contributed by atoms with Crippen molar-refractivity contribution < 1.29 is 9.90 Å². The maximum Gasteiger partial charge on any atom is 0.339 e. The molecule has 1 aliphatic carbocycles. The second kappa shape index (κ2) is 6.04. The molecule has 2 N–H and O–H groups in total. The average molecular weight is 262 g/mol. The molecule has 1 heterocycles. The molecule has 0 aromatic carbocycles. The third-order valence-corrected chi connectivity index (χ3v) is 3.66. The second-order valence-electron chi connectivity index (χ2n) is 5.34. The lowest BCUT2D eigenvalue weighted by Gasteiger charge is -2.17. The fraction of sp³-hybridized carbons (Fsp3) is 0.600. The standard InChI is InChI=1S/C15H22N2O2/c1-3-4-6-10(2)16-14-12(15(18)19)9-11-7-5-8-13(11)17-14/h9-10H,3-8H2,1-2H3,(H,16,17)(H,18,19). The van der Waals surface area contributed by atoms with Crippen LogP contribution >= 0.6 is 0 Å². The summed E-state index contributed by atoms with van der Waals surface area (Å²) in [5.41, 5.74) is 2.48. The van der Waals surface area contributed by atoms with Gasteiger partial charge in [0.05, 0.1) is 0 Å². The number of fused-ring (bicyclic) bond motifs is 1. The number of carbonyl (C=O) groups is 1. The lowest BCUT2D eigenvalue weighted by Crippen LogP contribution is -2.19. The molecule has 0 saturated carbocycles. The van der Waals surface area contributed by atoms with E-state index in [9.17, 15) is 9.90 Å². The van der Waals surface area contributed by atoms with E-state index in [4.69, 9.17) is 0 Å². The molecule has 1 aromatic heterocycles. The van der Waals surface area contributed by atoms with E-state index < -0.39 is 5.97 Å². The predicted octanol–water partition coefficient (Wildman–Crippen LogP) is 3.26. The maximum absolute atomic E-state index is 11.3. The Bertz CT molecular complexity index is 471. The van der Waals surface area contributed by atoms with E-state index in [-0.39, 0.29) is 6.04 Å². The smallest absolute Gasteiger partial charge is 0.339 e. The first-order chi connectivity index (χ1) is 9.11. The average Bonchev–Trinajstić information content (AvgIpc) is 2.82. The van der Waals surface area contributed by atoms with E-state index in [1.165, 1.54) is 0 Å². The van der Waals surface area contributed by atoms with Crippen molar-refractivity contribution in [1.82, 2.24) is 4.98 Å². The summed E-state index contributed by atoms with van der Waals surface area (Å²) in [5, 5.41) is 12.6. The van der Waals surface area contributed by atoms with Crippen LogP contribution in [0.1, 0.15) is 61.1 Å². The Kier molecular flexibility index (Phi) is 4.40. The van der Waals surface area contributed by atoms with Crippen molar-refractivity contribution in [2.75, 3.05) is 5.32 Å². The van der Waals surface area contributed by atoms with Crippen LogP contribution in [0.4, 0.5) is 5.82 Å². The first-order valence-electron chi connectivity index (χ1n) is 7.14. The lowest BCUT2D eigenvalue weighted by molar-refractivity contribution is 0.0697. The Labute approximate surface area is 114 Å². The molecule has 1 unspecified atom stereocenters. The number of aromatic carboxylic acids is 1. The number of hydrogen-bond donors (Lipinski definition) is 2. The highest BCUT2D eigenvalue weighted by molar-refractivity contribution is 5.93. The van der Waals surface area contributed by atoms with Crippen molar-refractivity contribution in [1.29, 1.82) is 0 Å². The van der Waals surface area contributed by atoms with Gasteiger partial charge in [-0.15, -0.1) is 0 Å². The van der Waals surface area contributed by atoms with Crippen LogP contribution in [0.3, 0.4) is 0 Å². The second-order valence-corrected chi connectivity index (χ2v) is 5.34. The quantitative estimate of drug-likeness (QED) is 0.826. The van der Waals surface area contributed by atoms with Crippen molar-refractivity contribution >= 4 is 11.8 Å². The van der Waals surface area contributed by atoms with E-state index >= 15 is 0 Å². The molecule has 1 atom stereocenters. The molecule has 19 heavy (non-hydrogen) atoms. The molecule has 0 spiro atoms. The third-order valence-electron chi connectivity index (χ3n) is 3.66. The number of anilines is 1. The van der Waals surface area contributed by atoms with Gasteiger partial charge in [-0.1, -0.05) is 19.8 Å². The van der Waals surface area contributed by atoms with Crippen molar-refractivity contribution in [3.8, 4) is 0 Å². The number of aryl methyl sites for hydroxylation is 2. The monoisotopic (exact) mass is 262 g/mol. The summed E-state index contributed by atoms with van der Waals surface area (Å²) in [7, 11) is 0. The number of nitrogens with zero attached hydrogens (tertiary/aromatic N) is 1. The zero-order chi connectivity index (χ0) is 13.8. The summed E-state index contributed by atoms with van der Waals surface area (Å²) in [6.07, 6.45) is 6.32. The van der Waals surface area contributed by atoms with Crippen LogP contribution in [0, 0.1) is 0 Å². The van der Waals surface area contributed by atoms with E-state index in [0.29, 0.717) is 11.4 Å². The molecule has 104 valence electrons. The normalized spacial score (nSPS) is 15.1. The molecule has 4 nitrogen and oxygen atoms in total. The zero-order valence-corrected chi connectivity index (χ0v) is 11.7. The molecule has 1 aromatic rings. The van der Waals surface area contributed by atoms with Gasteiger partial charge in [0, 0.05) is 11.7 Å². The van der Waals surface area contributed by atoms with Gasteiger partial charge in [0.25, 0.3) is 0 Å². The molecule has 0 saturated heterocycles. The minimum Gasteiger partial charge on any atom is -0.478 e. The highest BCUT2D eigenvalue weighted by Gasteiger charge is 2.20. The number of unbranched alkanes of at least 4 members (excludes halogenated alkanes) is 1. The predicted molar refractivity (Wildman–Crippen MR) is 75.8 cm³/mol. The Morgan fingerprint density at radius 3 is 3.00 bits per heavy atom. The number of pyridine rings is 1. The number of carboxylic acids is 1. The molecule has 0 fully saturated rings. The SMILES string of the molecule is CCCCC(C)Nc1nc2c(cc1C(=O)O)CCC2. The topological polar surface area (TPSA) is 62.2 Å². The largest absolute Gasteiger partial charge is 0.478 e. The fourth-order valence-electron chi connectivity index (χ4n) is 2.56. The van der Waals surface area contributed by atoms with E-state index in [1.54, 1.807) is 6.07 Å². The number of hydrogen-bond acceptors (Lipinski definition) is 3. The molecule has 0 aliphatic heterocycles. The van der Waals surface area contributed by atoms with Crippen LogP contribution in [0.5, 0.6) is 0 Å². The third kappa shape index (κ3) is 3.25. The summed E-state index contributed by atoms with van der Waals surface area (Å²) < 4.78 is 0. The molecule has 4 heteroatoms. The minimum absolute atomic E-state index is 0.255. The Morgan fingerprint density at radius 2 is 2.32 bits per heavy atom. The van der Waals surface area contributed by atoms with Crippen molar-refractivity contribution in [3.05, 3.63) is 22.9 Å².